The maximum absolute atomic E-state index is 11.8. The summed E-state index contributed by atoms with van der Waals surface area (Å²) in [7, 11) is 0. The molecule has 0 aliphatic heterocycles. The van der Waals surface area contributed by atoms with E-state index < -0.39 is 0 Å². The van der Waals surface area contributed by atoms with Crippen LogP contribution in [0.5, 0.6) is 0 Å². The monoisotopic (exact) mass is 256 g/mol. The Morgan fingerprint density at radius 2 is 1.84 bits per heavy atom. The lowest BCUT2D eigenvalue weighted by Gasteiger charge is -2.07. The van der Waals surface area contributed by atoms with Crippen LogP contribution in [0.4, 0.5) is 0 Å². The van der Waals surface area contributed by atoms with Crippen molar-refractivity contribution in [3.05, 3.63) is 59.4 Å². The molecule has 4 heteroatoms. The van der Waals surface area contributed by atoms with Crippen LogP contribution in [-0.4, -0.2) is 22.8 Å². The van der Waals surface area contributed by atoms with Crippen LogP contribution in [0.1, 0.15) is 28.4 Å². The van der Waals surface area contributed by atoms with E-state index in [1.54, 1.807) is 13.1 Å². The molecule has 1 heterocycles. The normalized spacial score (nSPS) is 10.2. The van der Waals surface area contributed by atoms with Crippen LogP contribution in [0.2, 0.25) is 0 Å². The lowest BCUT2D eigenvalue weighted by molar-refractivity contribution is 0.0524. The van der Waals surface area contributed by atoms with Crippen molar-refractivity contribution in [1.82, 2.24) is 10.2 Å². The highest BCUT2D eigenvalue weighted by molar-refractivity contribution is 5.90. The molecule has 2 rings (SSSR count). The molecule has 0 radical (unpaired) electrons. The molecule has 98 valence electrons. The Kier molecular flexibility index (Phi) is 4.61. The number of nitrogens with zero attached hydrogens (tertiary/aromatic N) is 2. The molecule has 0 aliphatic carbocycles. The summed E-state index contributed by atoms with van der Waals surface area (Å²) in [6.45, 7) is 2.15. The van der Waals surface area contributed by atoms with E-state index in [1.807, 2.05) is 18.2 Å². The van der Waals surface area contributed by atoms with Gasteiger partial charge in [0.05, 0.1) is 24.6 Å². The van der Waals surface area contributed by atoms with Crippen molar-refractivity contribution < 1.29 is 9.53 Å². The molecule has 0 fully saturated rings. The van der Waals surface area contributed by atoms with Gasteiger partial charge in [-0.05, 0) is 30.9 Å². The number of aryl methyl sites for hydroxylation is 2. The summed E-state index contributed by atoms with van der Waals surface area (Å²) >= 11 is 0. The van der Waals surface area contributed by atoms with Crippen molar-refractivity contribution in [2.45, 2.75) is 19.8 Å². The Hall–Kier alpha value is -2.23. The summed E-state index contributed by atoms with van der Waals surface area (Å²) in [5, 5.41) is 7.60. The number of hydrogen-bond acceptors (Lipinski definition) is 4. The predicted octanol–water partition coefficient (Wildman–Crippen LogP) is 2.44. The predicted molar refractivity (Wildman–Crippen MR) is 71.8 cm³/mol. The van der Waals surface area contributed by atoms with Crippen molar-refractivity contribution in [3.63, 3.8) is 0 Å². The van der Waals surface area contributed by atoms with Crippen molar-refractivity contribution in [1.29, 1.82) is 0 Å². The van der Waals surface area contributed by atoms with E-state index in [1.165, 1.54) is 11.8 Å². The molecule has 4 nitrogen and oxygen atoms in total. The molecular weight excluding hydrogens is 240 g/mol. The van der Waals surface area contributed by atoms with Crippen molar-refractivity contribution in [2.24, 2.45) is 0 Å². The number of ether oxygens (including phenoxy) is 1. The van der Waals surface area contributed by atoms with Crippen molar-refractivity contribution in [2.75, 3.05) is 6.61 Å². The van der Waals surface area contributed by atoms with Gasteiger partial charge >= 0.3 is 5.97 Å². The number of rotatable bonds is 5. The van der Waals surface area contributed by atoms with Crippen LogP contribution < -0.4 is 0 Å². The SMILES string of the molecule is CCOC(=O)c1cnncc1CCc1ccccc1. The standard InChI is InChI=1S/C15H16N2O2/c1-2-19-15(18)14-11-17-16-10-13(14)9-8-12-6-4-3-5-7-12/h3-7,10-11H,2,8-9H2,1H3. The first-order valence-corrected chi connectivity index (χ1v) is 6.32. The zero-order valence-electron chi connectivity index (χ0n) is 10.9. The van der Waals surface area contributed by atoms with E-state index in [0.29, 0.717) is 12.2 Å². The Bertz CT molecular complexity index is 541. The van der Waals surface area contributed by atoms with E-state index in [2.05, 4.69) is 22.3 Å². The quantitative estimate of drug-likeness (QED) is 0.771. The maximum atomic E-state index is 11.8. The highest BCUT2D eigenvalue weighted by atomic mass is 16.5. The van der Waals surface area contributed by atoms with Gasteiger partial charge in [0.25, 0.3) is 0 Å². The molecule has 0 saturated heterocycles. The van der Waals surface area contributed by atoms with Gasteiger partial charge in [-0.25, -0.2) is 4.79 Å². The average Bonchev–Trinajstić information content (AvgIpc) is 2.47. The molecular formula is C15H16N2O2. The summed E-state index contributed by atoms with van der Waals surface area (Å²) in [5.74, 6) is -0.333. The summed E-state index contributed by atoms with van der Waals surface area (Å²) in [6, 6.07) is 10.1. The Morgan fingerprint density at radius 3 is 2.58 bits per heavy atom. The van der Waals surface area contributed by atoms with Crippen molar-refractivity contribution in [3.8, 4) is 0 Å². The molecule has 0 spiro atoms. The fourth-order valence-corrected chi connectivity index (χ4v) is 1.86. The number of carbonyl (C=O) groups excluding carboxylic acids is 1. The highest BCUT2D eigenvalue weighted by Gasteiger charge is 2.12. The molecule has 0 N–H and O–H groups in total. The number of aromatic nitrogens is 2. The molecule has 19 heavy (non-hydrogen) atoms. The Morgan fingerprint density at radius 1 is 1.11 bits per heavy atom. The summed E-state index contributed by atoms with van der Waals surface area (Å²) in [5.41, 5.74) is 2.61. The number of esters is 1. The molecule has 0 amide bonds. The minimum atomic E-state index is -0.333. The van der Waals surface area contributed by atoms with Crippen LogP contribution in [0.25, 0.3) is 0 Å². The van der Waals surface area contributed by atoms with Gasteiger partial charge in [-0.3, -0.25) is 0 Å². The Labute approximate surface area is 112 Å². The molecule has 0 saturated carbocycles. The topological polar surface area (TPSA) is 52.1 Å². The lowest BCUT2D eigenvalue weighted by atomic mass is 10.0. The largest absolute Gasteiger partial charge is 0.462 e. The molecule has 1 aromatic heterocycles. The van der Waals surface area contributed by atoms with E-state index in [0.717, 1.165) is 18.4 Å². The summed E-state index contributed by atoms with van der Waals surface area (Å²) < 4.78 is 5.01. The van der Waals surface area contributed by atoms with Gasteiger partial charge in [0.1, 0.15) is 0 Å². The fourth-order valence-electron chi connectivity index (χ4n) is 1.86. The van der Waals surface area contributed by atoms with Crippen LogP contribution in [0.3, 0.4) is 0 Å². The smallest absolute Gasteiger partial charge is 0.340 e. The molecule has 0 bridgehead atoms. The van der Waals surface area contributed by atoms with Crippen LogP contribution >= 0.6 is 0 Å². The first kappa shape index (κ1) is 13.2. The number of benzene rings is 1. The molecule has 1 aromatic carbocycles. The maximum Gasteiger partial charge on any atom is 0.340 e. The number of hydrogen-bond donors (Lipinski definition) is 0. The Balaban J connectivity index is 2.10. The third kappa shape index (κ3) is 3.61. The molecule has 0 aliphatic rings. The molecule has 2 aromatic rings. The third-order valence-electron chi connectivity index (χ3n) is 2.83. The van der Waals surface area contributed by atoms with E-state index >= 15 is 0 Å². The van der Waals surface area contributed by atoms with Crippen LogP contribution in [0, 0.1) is 0 Å². The second kappa shape index (κ2) is 6.64. The minimum Gasteiger partial charge on any atom is -0.462 e. The van der Waals surface area contributed by atoms with Gasteiger partial charge in [0.2, 0.25) is 0 Å². The van der Waals surface area contributed by atoms with E-state index in [-0.39, 0.29) is 5.97 Å². The lowest BCUT2D eigenvalue weighted by Crippen LogP contribution is -2.10. The van der Waals surface area contributed by atoms with Crippen LogP contribution in [-0.2, 0) is 17.6 Å². The van der Waals surface area contributed by atoms with Gasteiger partial charge in [0, 0.05) is 0 Å². The zero-order chi connectivity index (χ0) is 13.5. The van der Waals surface area contributed by atoms with Crippen LogP contribution in [0.15, 0.2) is 42.7 Å². The molecule has 0 unspecified atom stereocenters. The van der Waals surface area contributed by atoms with Gasteiger partial charge in [0.15, 0.2) is 0 Å². The van der Waals surface area contributed by atoms with Gasteiger partial charge in [-0.1, -0.05) is 30.3 Å². The van der Waals surface area contributed by atoms with Gasteiger partial charge in [-0.2, -0.15) is 10.2 Å². The highest BCUT2D eigenvalue weighted by Crippen LogP contribution is 2.11. The van der Waals surface area contributed by atoms with E-state index in [9.17, 15) is 4.79 Å². The van der Waals surface area contributed by atoms with Gasteiger partial charge < -0.3 is 4.74 Å². The zero-order valence-corrected chi connectivity index (χ0v) is 10.9. The first-order chi connectivity index (χ1) is 9.31. The first-order valence-electron chi connectivity index (χ1n) is 6.32. The third-order valence-corrected chi connectivity index (χ3v) is 2.83. The van der Waals surface area contributed by atoms with Crippen molar-refractivity contribution >= 4 is 5.97 Å². The summed E-state index contributed by atoms with van der Waals surface area (Å²) in [4.78, 5) is 11.8. The number of carbonyl (C=O) groups is 1. The summed E-state index contributed by atoms with van der Waals surface area (Å²) in [6.07, 6.45) is 4.71. The average molecular weight is 256 g/mol. The fraction of sp³-hybridized carbons (Fsp3) is 0.267. The molecule has 0 atom stereocenters. The van der Waals surface area contributed by atoms with Gasteiger partial charge in [-0.15, -0.1) is 0 Å². The second-order valence-electron chi connectivity index (χ2n) is 4.13. The minimum absolute atomic E-state index is 0.333. The second-order valence-corrected chi connectivity index (χ2v) is 4.13. The van der Waals surface area contributed by atoms with E-state index in [4.69, 9.17) is 4.74 Å².